The first kappa shape index (κ1) is 36.8. The Kier molecular flexibility index (Phi) is 12.8. The largest absolute Gasteiger partial charge is 0.394 e. The Morgan fingerprint density at radius 3 is 2.24 bits per heavy atom. The van der Waals surface area contributed by atoms with Crippen molar-refractivity contribution >= 4 is 52.3 Å². The van der Waals surface area contributed by atoms with Crippen LogP contribution in [0.15, 0.2) is 48.0 Å². The first-order chi connectivity index (χ1) is 23.9. The van der Waals surface area contributed by atoms with E-state index in [-0.39, 0.29) is 50.5 Å². The number of hydrogen-bond acceptors (Lipinski definition) is 9. The SMILES string of the molecule is NC(=O)[C@@H](CCCN=C(N)N)NC(=O)[C@@H](CO)NC(=O)[C@H](Cc1c[nH]c2ccccc12)NC(=O)[C@H](Cc1cnc[nH]1)NC(=O)[C@@H]1CCC(=O)N1. The van der Waals surface area contributed by atoms with Gasteiger partial charge < -0.3 is 58.9 Å². The summed E-state index contributed by atoms with van der Waals surface area (Å²) in [5.74, 6) is -4.32. The molecule has 0 saturated carbocycles. The molecular weight excluding hydrogens is 652 g/mol. The van der Waals surface area contributed by atoms with Crippen molar-refractivity contribution in [3.8, 4) is 0 Å². The Balaban J connectivity index is 1.53. The van der Waals surface area contributed by atoms with Crippen molar-refractivity contribution in [2.24, 2.45) is 22.2 Å². The number of aromatic amines is 2. The maximum absolute atomic E-state index is 13.8. The number of aliphatic hydroxyl groups excluding tert-OH is 1. The average molecular weight is 695 g/mol. The summed E-state index contributed by atoms with van der Waals surface area (Å²) in [5.41, 5.74) is 18.0. The number of hydrogen-bond donors (Lipinski definition) is 11. The number of rotatable bonds is 18. The Morgan fingerprint density at radius 2 is 1.60 bits per heavy atom. The fourth-order valence-corrected chi connectivity index (χ4v) is 5.44. The van der Waals surface area contributed by atoms with Gasteiger partial charge in [-0.25, -0.2) is 4.98 Å². The van der Waals surface area contributed by atoms with Crippen molar-refractivity contribution < 1.29 is 33.9 Å². The molecule has 19 nitrogen and oxygen atoms in total. The number of carbonyl (C=O) groups excluding carboxylic acids is 6. The number of nitrogens with one attached hydrogen (secondary N) is 7. The van der Waals surface area contributed by atoms with Gasteiger partial charge in [0, 0.05) is 54.8 Å². The summed E-state index contributed by atoms with van der Waals surface area (Å²) in [6, 6.07) is 1.27. The highest BCUT2D eigenvalue weighted by atomic mass is 16.3. The van der Waals surface area contributed by atoms with Crippen LogP contribution in [0.2, 0.25) is 0 Å². The number of H-pyrrole nitrogens is 2. The maximum atomic E-state index is 13.8. The number of carbonyl (C=O) groups is 6. The fraction of sp³-hybridized carbons (Fsp3) is 0.419. The quantitative estimate of drug-likeness (QED) is 0.0353. The van der Waals surface area contributed by atoms with Gasteiger partial charge in [-0.3, -0.25) is 33.8 Å². The monoisotopic (exact) mass is 694 g/mol. The third-order valence-electron chi connectivity index (χ3n) is 8.08. The highest BCUT2D eigenvalue weighted by Gasteiger charge is 2.34. The number of para-hydroxylation sites is 1. The molecule has 1 aromatic carbocycles. The summed E-state index contributed by atoms with van der Waals surface area (Å²) < 4.78 is 0. The molecule has 0 bridgehead atoms. The van der Waals surface area contributed by atoms with Gasteiger partial charge in [0.2, 0.25) is 35.4 Å². The number of imidazole rings is 1. The second-order valence-electron chi connectivity index (χ2n) is 11.8. The minimum absolute atomic E-state index is 0.0287. The van der Waals surface area contributed by atoms with E-state index >= 15 is 0 Å². The third kappa shape index (κ3) is 10.3. The summed E-state index contributed by atoms with van der Waals surface area (Å²) in [6.07, 6.45) is 5.28. The first-order valence-electron chi connectivity index (χ1n) is 15.9. The van der Waals surface area contributed by atoms with Crippen LogP contribution in [-0.4, -0.2) is 105 Å². The predicted molar refractivity (Wildman–Crippen MR) is 179 cm³/mol. The van der Waals surface area contributed by atoms with Crippen LogP contribution in [0.3, 0.4) is 0 Å². The molecule has 1 aliphatic heterocycles. The lowest BCUT2D eigenvalue weighted by molar-refractivity contribution is -0.135. The minimum Gasteiger partial charge on any atom is -0.394 e. The fourth-order valence-electron chi connectivity index (χ4n) is 5.44. The molecule has 19 heteroatoms. The summed E-state index contributed by atoms with van der Waals surface area (Å²) in [6.45, 7) is -0.676. The Bertz CT molecular complexity index is 1700. The molecule has 1 saturated heterocycles. The van der Waals surface area contributed by atoms with E-state index in [9.17, 15) is 33.9 Å². The second kappa shape index (κ2) is 17.4. The van der Waals surface area contributed by atoms with Crippen LogP contribution >= 0.6 is 0 Å². The minimum atomic E-state index is -1.53. The molecule has 2 aromatic heterocycles. The van der Waals surface area contributed by atoms with Gasteiger partial charge in [-0.2, -0.15) is 0 Å². The van der Waals surface area contributed by atoms with Gasteiger partial charge in [0.15, 0.2) is 5.96 Å². The summed E-state index contributed by atoms with van der Waals surface area (Å²) in [4.78, 5) is 91.3. The number of primary amides is 1. The number of benzene rings is 1. The van der Waals surface area contributed by atoms with E-state index in [1.165, 1.54) is 12.5 Å². The van der Waals surface area contributed by atoms with Crippen LogP contribution in [0.25, 0.3) is 10.9 Å². The lowest BCUT2D eigenvalue weighted by atomic mass is 10.0. The van der Waals surface area contributed by atoms with E-state index in [0.29, 0.717) is 17.7 Å². The van der Waals surface area contributed by atoms with Crippen molar-refractivity contribution in [1.29, 1.82) is 0 Å². The van der Waals surface area contributed by atoms with Crippen LogP contribution in [0.5, 0.6) is 0 Å². The molecule has 50 heavy (non-hydrogen) atoms. The highest BCUT2D eigenvalue weighted by Crippen LogP contribution is 2.19. The van der Waals surface area contributed by atoms with Crippen LogP contribution < -0.4 is 43.8 Å². The first-order valence-corrected chi connectivity index (χ1v) is 15.9. The predicted octanol–water partition coefficient (Wildman–Crippen LogP) is -3.57. The van der Waals surface area contributed by atoms with Crippen LogP contribution in [0, 0.1) is 0 Å². The zero-order valence-electron chi connectivity index (χ0n) is 27.1. The van der Waals surface area contributed by atoms with Gasteiger partial charge in [0.1, 0.15) is 30.2 Å². The van der Waals surface area contributed by atoms with Crippen molar-refractivity contribution in [1.82, 2.24) is 41.5 Å². The molecule has 3 heterocycles. The van der Waals surface area contributed by atoms with Crippen LogP contribution in [-0.2, 0) is 41.6 Å². The normalized spacial score (nSPS) is 16.3. The van der Waals surface area contributed by atoms with E-state index < -0.39 is 66.4 Å². The van der Waals surface area contributed by atoms with Crippen molar-refractivity contribution in [3.05, 3.63) is 54.2 Å². The van der Waals surface area contributed by atoms with Crippen LogP contribution in [0.1, 0.15) is 36.9 Å². The number of nitrogens with two attached hydrogens (primary N) is 3. The van der Waals surface area contributed by atoms with Crippen molar-refractivity contribution in [2.45, 2.75) is 68.7 Å². The van der Waals surface area contributed by atoms with E-state index in [4.69, 9.17) is 17.2 Å². The number of amides is 6. The molecule has 6 amide bonds. The molecule has 3 aromatic rings. The molecule has 0 unspecified atom stereocenters. The Labute approximate surface area is 286 Å². The summed E-state index contributed by atoms with van der Waals surface area (Å²) >= 11 is 0. The van der Waals surface area contributed by atoms with Gasteiger partial charge in [-0.05, 0) is 30.9 Å². The van der Waals surface area contributed by atoms with E-state index in [1.54, 1.807) is 6.20 Å². The number of fused-ring (bicyclic) bond motifs is 1. The smallest absolute Gasteiger partial charge is 0.245 e. The third-order valence-corrected chi connectivity index (χ3v) is 8.08. The average Bonchev–Trinajstić information content (AvgIpc) is 3.86. The molecule has 5 atom stereocenters. The molecule has 0 spiro atoms. The van der Waals surface area contributed by atoms with Gasteiger partial charge in [-0.15, -0.1) is 0 Å². The highest BCUT2D eigenvalue weighted by molar-refractivity contribution is 5.97. The summed E-state index contributed by atoms with van der Waals surface area (Å²) in [7, 11) is 0. The molecule has 1 aliphatic rings. The van der Waals surface area contributed by atoms with Crippen molar-refractivity contribution in [2.75, 3.05) is 13.2 Å². The number of aliphatic hydroxyl groups is 1. The van der Waals surface area contributed by atoms with E-state index in [2.05, 4.69) is 46.5 Å². The molecule has 0 aliphatic carbocycles. The van der Waals surface area contributed by atoms with Gasteiger partial charge in [0.05, 0.1) is 12.9 Å². The molecule has 14 N–H and O–H groups in total. The molecule has 1 fully saturated rings. The number of aromatic nitrogens is 3. The lowest BCUT2D eigenvalue weighted by Gasteiger charge is -2.26. The van der Waals surface area contributed by atoms with E-state index in [0.717, 1.165) is 10.9 Å². The topological polar surface area (TPSA) is 318 Å². The van der Waals surface area contributed by atoms with E-state index in [1.807, 2.05) is 24.3 Å². The molecule has 4 rings (SSSR count). The molecular formula is C31H42N12O7. The maximum Gasteiger partial charge on any atom is 0.245 e. The van der Waals surface area contributed by atoms with Crippen molar-refractivity contribution in [3.63, 3.8) is 0 Å². The molecule has 0 radical (unpaired) electrons. The summed E-state index contributed by atoms with van der Waals surface area (Å²) in [5, 5.41) is 23.6. The number of aliphatic imine (C=N–C) groups is 1. The Hall–Kier alpha value is -5.98. The molecule has 268 valence electrons. The van der Waals surface area contributed by atoms with Gasteiger partial charge >= 0.3 is 0 Å². The van der Waals surface area contributed by atoms with Gasteiger partial charge in [0.25, 0.3) is 0 Å². The Morgan fingerprint density at radius 1 is 0.920 bits per heavy atom. The van der Waals surface area contributed by atoms with Crippen LogP contribution in [0.4, 0.5) is 0 Å². The van der Waals surface area contributed by atoms with Gasteiger partial charge in [-0.1, -0.05) is 18.2 Å². The number of nitrogens with zero attached hydrogens (tertiary/aromatic N) is 2. The second-order valence-corrected chi connectivity index (χ2v) is 11.8. The number of guanidine groups is 1. The zero-order valence-corrected chi connectivity index (χ0v) is 27.1. The standard InChI is InChI=1S/C31H42N12O7/c32-26(46)20(6-3-9-36-31(33)34)40-30(50)24(14-44)43-28(48)22(10-16-12-37-19-5-2-1-4-18(16)19)41-29(49)23(11-17-13-35-15-38-17)42-27(47)21-7-8-25(45)39-21/h1-2,4-5,12-13,15,20-24,37,44H,3,6-11,14H2,(H2,32,46)(H,35,38)(H,39,45)(H,40,50)(H,41,49)(H,42,47)(H,43,48)(H4,33,34,36)/t20-,21+,22+,23+,24-/m1/s1. The lowest BCUT2D eigenvalue weighted by Crippen LogP contribution is -2.60. The zero-order chi connectivity index (χ0) is 36.2.